The number of aliphatic hydroxyl groups is 1. The summed E-state index contributed by atoms with van der Waals surface area (Å²) in [5.41, 5.74) is 2.30. The molecule has 1 aromatic carbocycles. The lowest BCUT2D eigenvalue weighted by Gasteiger charge is -2.12. The minimum atomic E-state index is -0.659. The fraction of sp³-hybridized carbons (Fsp3) is 0.357. The van der Waals surface area contributed by atoms with Crippen molar-refractivity contribution in [3.05, 3.63) is 57.9 Å². The molecular weight excluding hydrogens is 272 g/mol. The third kappa shape index (κ3) is 4.37. The molecule has 21 heavy (non-hydrogen) atoms. The Balaban J connectivity index is 1.78. The van der Waals surface area contributed by atoms with Gasteiger partial charge in [-0.15, -0.1) is 0 Å². The normalized spacial score (nSPS) is 12.3. The van der Waals surface area contributed by atoms with E-state index in [4.69, 9.17) is 0 Å². The summed E-state index contributed by atoms with van der Waals surface area (Å²) < 4.78 is 1.37. The van der Waals surface area contributed by atoms with Gasteiger partial charge in [-0.3, -0.25) is 14.8 Å². The minimum absolute atomic E-state index is 0.0740. The Bertz CT molecular complexity index is 612. The van der Waals surface area contributed by atoms with Crippen LogP contribution in [0.4, 0.5) is 5.69 Å². The Labute approximate surface area is 122 Å². The lowest BCUT2D eigenvalue weighted by Crippen LogP contribution is -2.30. The predicted octanol–water partition coefficient (Wildman–Crippen LogP) is 1.25. The van der Waals surface area contributed by atoms with Crippen LogP contribution < -0.4 is 5.32 Å². The number of nitro groups is 1. The van der Waals surface area contributed by atoms with Gasteiger partial charge in [-0.25, -0.2) is 0 Å². The van der Waals surface area contributed by atoms with E-state index in [0.29, 0.717) is 13.1 Å². The average molecular weight is 290 g/mol. The second kappa shape index (κ2) is 6.96. The zero-order valence-corrected chi connectivity index (χ0v) is 11.8. The third-order valence-corrected chi connectivity index (χ3v) is 3.18. The molecular formula is C14H18N4O3. The molecule has 7 heteroatoms. The fourth-order valence-corrected chi connectivity index (χ4v) is 2.01. The molecule has 0 fully saturated rings. The van der Waals surface area contributed by atoms with E-state index in [1.165, 1.54) is 28.2 Å². The molecule has 2 rings (SSSR count). The van der Waals surface area contributed by atoms with Crippen LogP contribution >= 0.6 is 0 Å². The van der Waals surface area contributed by atoms with Gasteiger partial charge >= 0.3 is 5.69 Å². The summed E-state index contributed by atoms with van der Waals surface area (Å²) in [4.78, 5) is 10.0. The van der Waals surface area contributed by atoms with Crippen molar-refractivity contribution in [3.8, 4) is 0 Å². The molecule has 0 aliphatic carbocycles. The molecule has 0 amide bonds. The number of hydrogen-bond acceptors (Lipinski definition) is 5. The van der Waals surface area contributed by atoms with E-state index in [1.807, 2.05) is 31.2 Å². The number of benzene rings is 1. The van der Waals surface area contributed by atoms with E-state index in [1.54, 1.807) is 0 Å². The Morgan fingerprint density at radius 1 is 1.48 bits per heavy atom. The highest BCUT2D eigenvalue weighted by atomic mass is 16.6. The van der Waals surface area contributed by atoms with Gasteiger partial charge < -0.3 is 10.4 Å². The van der Waals surface area contributed by atoms with Crippen molar-refractivity contribution in [1.29, 1.82) is 0 Å². The lowest BCUT2D eigenvalue weighted by atomic mass is 10.1. The molecule has 2 N–H and O–H groups in total. The number of aromatic nitrogens is 2. The molecule has 0 saturated heterocycles. The zero-order chi connectivity index (χ0) is 15.2. The number of rotatable bonds is 7. The quantitative estimate of drug-likeness (QED) is 0.591. The molecule has 0 bridgehead atoms. The largest absolute Gasteiger partial charge is 0.390 e. The Morgan fingerprint density at radius 3 is 2.90 bits per heavy atom. The Kier molecular flexibility index (Phi) is 5.02. The van der Waals surface area contributed by atoms with Crippen molar-refractivity contribution in [2.75, 3.05) is 6.54 Å². The van der Waals surface area contributed by atoms with Gasteiger partial charge in [-0.2, -0.15) is 5.10 Å². The van der Waals surface area contributed by atoms with Crippen molar-refractivity contribution >= 4 is 5.69 Å². The summed E-state index contributed by atoms with van der Waals surface area (Å²) in [5.74, 6) is 0. The van der Waals surface area contributed by atoms with Crippen molar-refractivity contribution in [3.63, 3.8) is 0 Å². The monoisotopic (exact) mass is 290 g/mol. The van der Waals surface area contributed by atoms with Crippen LogP contribution in [0.15, 0.2) is 36.7 Å². The van der Waals surface area contributed by atoms with Crippen LogP contribution in [0.1, 0.15) is 11.1 Å². The zero-order valence-electron chi connectivity index (χ0n) is 11.8. The summed E-state index contributed by atoms with van der Waals surface area (Å²) in [7, 11) is 0. The molecule has 0 radical (unpaired) electrons. The minimum Gasteiger partial charge on any atom is -0.390 e. The van der Waals surface area contributed by atoms with Gasteiger partial charge in [0.25, 0.3) is 0 Å². The van der Waals surface area contributed by atoms with Crippen molar-refractivity contribution < 1.29 is 10.0 Å². The molecule has 1 unspecified atom stereocenters. The summed E-state index contributed by atoms with van der Waals surface area (Å²) >= 11 is 0. The summed E-state index contributed by atoms with van der Waals surface area (Å²) in [6.45, 7) is 3.32. The highest BCUT2D eigenvalue weighted by Gasteiger charge is 2.11. The predicted molar refractivity (Wildman–Crippen MR) is 77.8 cm³/mol. The van der Waals surface area contributed by atoms with Gasteiger partial charge in [-0.05, 0) is 18.1 Å². The van der Waals surface area contributed by atoms with Gasteiger partial charge in [0.05, 0.1) is 17.6 Å². The second-order valence-corrected chi connectivity index (χ2v) is 4.89. The van der Waals surface area contributed by atoms with Gasteiger partial charge in [0.15, 0.2) is 0 Å². The smallest absolute Gasteiger partial charge is 0.306 e. The van der Waals surface area contributed by atoms with Gasteiger partial charge in [0, 0.05) is 13.1 Å². The van der Waals surface area contributed by atoms with E-state index >= 15 is 0 Å². The van der Waals surface area contributed by atoms with Crippen molar-refractivity contribution in [1.82, 2.24) is 15.1 Å². The van der Waals surface area contributed by atoms with E-state index in [9.17, 15) is 15.2 Å². The maximum absolute atomic E-state index is 10.5. The highest BCUT2D eigenvalue weighted by molar-refractivity contribution is 5.25. The van der Waals surface area contributed by atoms with E-state index in [-0.39, 0.29) is 12.2 Å². The van der Waals surface area contributed by atoms with Crippen LogP contribution in [0.3, 0.4) is 0 Å². The van der Waals surface area contributed by atoms with E-state index < -0.39 is 11.0 Å². The van der Waals surface area contributed by atoms with Gasteiger partial charge in [0.1, 0.15) is 12.4 Å². The summed E-state index contributed by atoms with van der Waals surface area (Å²) in [6, 6.07) is 8.03. The molecule has 0 saturated carbocycles. The molecule has 1 atom stereocenters. The number of aryl methyl sites for hydroxylation is 1. The first-order valence-corrected chi connectivity index (χ1v) is 6.66. The summed E-state index contributed by atoms with van der Waals surface area (Å²) in [6.07, 6.45) is 1.83. The summed E-state index contributed by atoms with van der Waals surface area (Å²) in [5, 5.41) is 27.5. The van der Waals surface area contributed by atoms with E-state index in [0.717, 1.165) is 0 Å². The van der Waals surface area contributed by atoms with E-state index in [2.05, 4.69) is 10.4 Å². The Morgan fingerprint density at radius 2 is 2.24 bits per heavy atom. The molecule has 2 aromatic rings. The topological polar surface area (TPSA) is 93.2 Å². The molecule has 112 valence electrons. The fourth-order valence-electron chi connectivity index (χ4n) is 2.01. The standard InChI is InChI=1S/C14H18N4O3/c1-11-4-2-3-5-12(11)6-15-8-14(19)10-17-9-13(7-16-17)18(20)21/h2-5,7,9,14-15,19H,6,8,10H2,1H3. The number of hydrogen-bond donors (Lipinski definition) is 2. The lowest BCUT2D eigenvalue weighted by molar-refractivity contribution is -0.385. The average Bonchev–Trinajstić information content (AvgIpc) is 2.89. The molecule has 0 aliphatic heterocycles. The number of nitrogens with zero attached hydrogens (tertiary/aromatic N) is 3. The SMILES string of the molecule is Cc1ccccc1CNCC(O)Cn1cc([N+](=O)[O-])cn1. The molecule has 0 spiro atoms. The maximum atomic E-state index is 10.5. The third-order valence-electron chi connectivity index (χ3n) is 3.18. The first-order chi connectivity index (χ1) is 10.1. The highest BCUT2D eigenvalue weighted by Crippen LogP contribution is 2.08. The number of aliphatic hydroxyl groups excluding tert-OH is 1. The van der Waals surface area contributed by atoms with Crippen molar-refractivity contribution in [2.24, 2.45) is 0 Å². The van der Waals surface area contributed by atoms with Crippen LogP contribution in [-0.2, 0) is 13.1 Å². The molecule has 1 heterocycles. The Hall–Kier alpha value is -2.25. The first kappa shape index (κ1) is 15.1. The van der Waals surface area contributed by atoms with Crippen LogP contribution in [-0.4, -0.2) is 32.5 Å². The van der Waals surface area contributed by atoms with Gasteiger partial charge in [-0.1, -0.05) is 24.3 Å². The molecule has 7 nitrogen and oxygen atoms in total. The van der Waals surface area contributed by atoms with Gasteiger partial charge in [0.2, 0.25) is 0 Å². The maximum Gasteiger partial charge on any atom is 0.306 e. The first-order valence-electron chi connectivity index (χ1n) is 6.66. The van der Waals surface area contributed by atoms with Crippen LogP contribution in [0, 0.1) is 17.0 Å². The van der Waals surface area contributed by atoms with Crippen LogP contribution in [0.2, 0.25) is 0 Å². The molecule has 0 aliphatic rings. The second-order valence-electron chi connectivity index (χ2n) is 4.89. The van der Waals surface area contributed by atoms with Crippen LogP contribution in [0.25, 0.3) is 0 Å². The number of nitrogens with one attached hydrogen (secondary N) is 1. The molecule has 1 aromatic heterocycles. The van der Waals surface area contributed by atoms with Crippen molar-refractivity contribution in [2.45, 2.75) is 26.1 Å². The van der Waals surface area contributed by atoms with Crippen LogP contribution in [0.5, 0.6) is 0 Å².